The van der Waals surface area contributed by atoms with Crippen LogP contribution in [0.4, 0.5) is 5.69 Å². The van der Waals surface area contributed by atoms with E-state index in [0.29, 0.717) is 5.56 Å². The third-order valence-corrected chi connectivity index (χ3v) is 3.89. The van der Waals surface area contributed by atoms with Gasteiger partial charge in [0.1, 0.15) is 5.75 Å². The Labute approximate surface area is 132 Å². The number of carbonyl (C=O) groups is 1. The molecule has 0 aliphatic rings. The number of methoxy groups -OCH3 is 1. The second-order valence-electron chi connectivity index (χ2n) is 5.30. The zero-order valence-electron chi connectivity index (χ0n) is 13.7. The molecule has 0 saturated heterocycles. The lowest BCUT2D eigenvalue weighted by molar-refractivity contribution is 0.102. The Hall–Kier alpha value is -2.29. The first-order chi connectivity index (χ1) is 10.6. The molecule has 0 aromatic heterocycles. The van der Waals surface area contributed by atoms with E-state index in [9.17, 15) is 4.79 Å². The molecular formula is C19H23NO2. The van der Waals surface area contributed by atoms with Gasteiger partial charge in [0.15, 0.2) is 0 Å². The van der Waals surface area contributed by atoms with E-state index in [1.165, 1.54) is 0 Å². The molecule has 116 valence electrons. The first-order valence-electron chi connectivity index (χ1n) is 7.67. The van der Waals surface area contributed by atoms with Gasteiger partial charge >= 0.3 is 0 Å². The Kier molecular flexibility index (Phi) is 5.21. The molecule has 2 aromatic carbocycles. The van der Waals surface area contributed by atoms with Crippen molar-refractivity contribution < 1.29 is 9.53 Å². The number of rotatable bonds is 5. The molecule has 0 aliphatic carbocycles. The fourth-order valence-corrected chi connectivity index (χ4v) is 2.61. The fourth-order valence-electron chi connectivity index (χ4n) is 2.61. The smallest absolute Gasteiger partial charge is 0.255 e. The van der Waals surface area contributed by atoms with Crippen LogP contribution in [0, 0.1) is 6.92 Å². The van der Waals surface area contributed by atoms with Gasteiger partial charge in [0.05, 0.1) is 7.11 Å². The molecule has 0 heterocycles. The van der Waals surface area contributed by atoms with Gasteiger partial charge in [-0.1, -0.05) is 32.0 Å². The minimum absolute atomic E-state index is 0.0821. The minimum Gasteiger partial charge on any atom is -0.496 e. The number of hydrogen-bond acceptors (Lipinski definition) is 2. The van der Waals surface area contributed by atoms with Gasteiger partial charge in [0, 0.05) is 11.3 Å². The van der Waals surface area contributed by atoms with Crippen molar-refractivity contribution in [3.8, 4) is 5.75 Å². The molecule has 1 N–H and O–H groups in total. The lowest BCUT2D eigenvalue weighted by Crippen LogP contribution is -2.15. The fraction of sp³-hybridized carbons (Fsp3) is 0.316. The van der Waals surface area contributed by atoms with E-state index < -0.39 is 0 Å². The van der Waals surface area contributed by atoms with Crippen LogP contribution in [0.3, 0.4) is 0 Å². The van der Waals surface area contributed by atoms with E-state index in [-0.39, 0.29) is 5.91 Å². The van der Waals surface area contributed by atoms with Crippen molar-refractivity contribution in [1.82, 2.24) is 0 Å². The van der Waals surface area contributed by atoms with Crippen LogP contribution in [0.25, 0.3) is 0 Å². The maximum atomic E-state index is 12.6. The molecule has 0 unspecified atom stereocenters. The van der Waals surface area contributed by atoms with Crippen molar-refractivity contribution in [3.63, 3.8) is 0 Å². The van der Waals surface area contributed by atoms with Crippen LogP contribution in [-0.4, -0.2) is 13.0 Å². The zero-order valence-corrected chi connectivity index (χ0v) is 13.7. The summed E-state index contributed by atoms with van der Waals surface area (Å²) in [4.78, 5) is 12.6. The van der Waals surface area contributed by atoms with Crippen molar-refractivity contribution >= 4 is 11.6 Å². The number of ether oxygens (including phenoxy) is 1. The molecule has 0 fully saturated rings. The molecule has 3 nitrogen and oxygen atoms in total. The minimum atomic E-state index is -0.0821. The van der Waals surface area contributed by atoms with Gasteiger partial charge in [-0.25, -0.2) is 0 Å². The second-order valence-corrected chi connectivity index (χ2v) is 5.30. The summed E-state index contributed by atoms with van der Waals surface area (Å²) < 4.78 is 5.24. The van der Waals surface area contributed by atoms with E-state index in [0.717, 1.165) is 41.0 Å². The first kappa shape index (κ1) is 16.1. The Morgan fingerprint density at radius 1 is 1.09 bits per heavy atom. The highest BCUT2D eigenvalue weighted by Crippen LogP contribution is 2.24. The molecule has 22 heavy (non-hydrogen) atoms. The normalized spacial score (nSPS) is 10.4. The zero-order chi connectivity index (χ0) is 16.1. The number of amides is 1. The number of carbonyl (C=O) groups excluding carboxylic acids is 1. The first-order valence-corrected chi connectivity index (χ1v) is 7.67. The molecule has 0 radical (unpaired) electrons. The van der Waals surface area contributed by atoms with Crippen LogP contribution in [-0.2, 0) is 12.8 Å². The van der Waals surface area contributed by atoms with E-state index in [1.807, 2.05) is 25.1 Å². The number of nitrogens with one attached hydrogen (secondary N) is 1. The largest absolute Gasteiger partial charge is 0.496 e. The van der Waals surface area contributed by atoms with E-state index in [1.54, 1.807) is 13.2 Å². The summed E-state index contributed by atoms with van der Waals surface area (Å²) in [6.07, 6.45) is 1.79. The standard InChI is InChI=1S/C19H23NO2/c1-5-14-8-7-9-15(6-2)18(14)20-19(21)16-10-11-17(22-4)13(3)12-16/h7-12H,5-6H2,1-4H3,(H,20,21). The summed E-state index contributed by atoms with van der Waals surface area (Å²) in [5, 5.41) is 3.08. The average Bonchev–Trinajstić information content (AvgIpc) is 2.54. The third kappa shape index (κ3) is 3.30. The number of para-hydroxylation sites is 1. The van der Waals surface area contributed by atoms with Gasteiger partial charge < -0.3 is 10.1 Å². The van der Waals surface area contributed by atoms with Gasteiger partial charge in [-0.2, -0.15) is 0 Å². The quantitative estimate of drug-likeness (QED) is 0.889. The predicted molar refractivity (Wildman–Crippen MR) is 90.9 cm³/mol. The molecule has 0 bridgehead atoms. The Balaban J connectivity index is 2.31. The summed E-state index contributed by atoms with van der Waals surface area (Å²) in [6, 6.07) is 11.7. The number of hydrogen-bond donors (Lipinski definition) is 1. The monoisotopic (exact) mass is 297 g/mol. The Bertz CT molecular complexity index is 655. The molecule has 2 aromatic rings. The molecule has 0 aliphatic heterocycles. The average molecular weight is 297 g/mol. The highest BCUT2D eigenvalue weighted by Gasteiger charge is 2.12. The van der Waals surface area contributed by atoms with Crippen LogP contribution < -0.4 is 10.1 Å². The summed E-state index contributed by atoms with van der Waals surface area (Å²) in [7, 11) is 1.63. The van der Waals surface area contributed by atoms with Crippen LogP contribution >= 0.6 is 0 Å². The molecule has 3 heteroatoms. The van der Waals surface area contributed by atoms with Crippen molar-refractivity contribution in [1.29, 1.82) is 0 Å². The van der Waals surface area contributed by atoms with Crippen LogP contribution in [0.1, 0.15) is 40.9 Å². The van der Waals surface area contributed by atoms with Crippen LogP contribution in [0.15, 0.2) is 36.4 Å². The van der Waals surface area contributed by atoms with Gasteiger partial charge in [0.25, 0.3) is 5.91 Å². The van der Waals surface area contributed by atoms with Crippen LogP contribution in [0.2, 0.25) is 0 Å². The van der Waals surface area contributed by atoms with Gasteiger partial charge in [0.2, 0.25) is 0 Å². The highest BCUT2D eigenvalue weighted by molar-refractivity contribution is 6.05. The maximum absolute atomic E-state index is 12.6. The molecule has 2 rings (SSSR count). The van der Waals surface area contributed by atoms with Gasteiger partial charge in [-0.15, -0.1) is 0 Å². The summed E-state index contributed by atoms with van der Waals surface area (Å²) >= 11 is 0. The lowest BCUT2D eigenvalue weighted by atomic mass is 10.0. The van der Waals surface area contributed by atoms with Gasteiger partial charge in [-0.05, 0) is 54.7 Å². The molecular weight excluding hydrogens is 274 g/mol. The molecule has 0 atom stereocenters. The second kappa shape index (κ2) is 7.12. The number of benzene rings is 2. The lowest BCUT2D eigenvalue weighted by Gasteiger charge is -2.15. The van der Waals surface area contributed by atoms with E-state index >= 15 is 0 Å². The summed E-state index contributed by atoms with van der Waals surface area (Å²) in [5.74, 6) is 0.709. The molecule has 0 spiro atoms. The summed E-state index contributed by atoms with van der Waals surface area (Å²) in [5.41, 5.74) is 4.88. The van der Waals surface area contributed by atoms with Gasteiger partial charge in [-0.3, -0.25) is 4.79 Å². The van der Waals surface area contributed by atoms with Crippen LogP contribution in [0.5, 0.6) is 5.75 Å². The molecule has 1 amide bonds. The van der Waals surface area contributed by atoms with Crippen molar-refractivity contribution in [2.24, 2.45) is 0 Å². The number of anilines is 1. The van der Waals surface area contributed by atoms with Crippen molar-refractivity contribution in [3.05, 3.63) is 58.7 Å². The number of aryl methyl sites for hydroxylation is 3. The van der Waals surface area contributed by atoms with Crippen molar-refractivity contribution in [2.75, 3.05) is 12.4 Å². The third-order valence-electron chi connectivity index (χ3n) is 3.89. The van der Waals surface area contributed by atoms with E-state index in [4.69, 9.17) is 4.74 Å². The summed E-state index contributed by atoms with van der Waals surface area (Å²) in [6.45, 7) is 6.14. The van der Waals surface area contributed by atoms with Crippen molar-refractivity contribution in [2.45, 2.75) is 33.6 Å². The SMILES string of the molecule is CCc1cccc(CC)c1NC(=O)c1ccc(OC)c(C)c1. The predicted octanol–water partition coefficient (Wildman–Crippen LogP) is 4.38. The Morgan fingerprint density at radius 2 is 1.73 bits per heavy atom. The maximum Gasteiger partial charge on any atom is 0.255 e. The van der Waals surface area contributed by atoms with E-state index in [2.05, 4.69) is 31.3 Å². The highest BCUT2D eigenvalue weighted by atomic mass is 16.5. The molecule has 0 saturated carbocycles. The Morgan fingerprint density at radius 3 is 2.23 bits per heavy atom. The topological polar surface area (TPSA) is 38.3 Å².